The Hall–Kier alpha value is -0.160. The highest BCUT2D eigenvalue weighted by Gasteiger charge is 2.77. The number of likely N-dealkylation sites (N-methyl/N-ethyl adjacent to an activating group) is 2. The van der Waals surface area contributed by atoms with Gasteiger partial charge in [0, 0.05) is 13.1 Å². The van der Waals surface area contributed by atoms with Crippen molar-refractivity contribution in [3.05, 3.63) is 0 Å². The lowest BCUT2D eigenvalue weighted by Gasteiger charge is -2.56. The summed E-state index contributed by atoms with van der Waals surface area (Å²) in [5.74, 6) is 0.119. The molecule has 2 saturated heterocycles. The number of nitrogens with zero attached hydrogens (tertiary/aromatic N) is 4. The minimum atomic E-state index is 0.119. The molecule has 4 heteroatoms. The maximum Gasteiger partial charge on any atom is 0.356 e. The third kappa shape index (κ3) is 2.32. The second-order valence-electron chi connectivity index (χ2n) is 8.42. The molecule has 0 aromatic heterocycles. The molecule has 0 amide bonds. The van der Waals surface area contributed by atoms with Crippen LogP contribution in [0.5, 0.6) is 0 Å². The highest BCUT2D eigenvalue weighted by atomic mass is 15.9. The van der Waals surface area contributed by atoms with Crippen LogP contribution < -0.4 is 0 Å². The van der Waals surface area contributed by atoms with Gasteiger partial charge in [0.15, 0.2) is 0 Å². The Kier molecular flexibility index (Phi) is 5.52. The van der Waals surface area contributed by atoms with E-state index in [-0.39, 0.29) is 5.91 Å². The zero-order chi connectivity index (χ0) is 17.5. The van der Waals surface area contributed by atoms with Crippen molar-refractivity contribution in [3.8, 4) is 0 Å². The largest absolute Gasteiger partial charge is 0.356 e. The lowest BCUT2D eigenvalue weighted by atomic mass is 10.2. The Morgan fingerprint density at radius 3 is 2.04 bits per heavy atom. The second-order valence-corrected chi connectivity index (χ2v) is 8.42. The van der Waals surface area contributed by atoms with Crippen LogP contribution in [0, 0.1) is 0 Å². The molecule has 0 radical (unpaired) electrons. The van der Waals surface area contributed by atoms with Crippen LogP contribution in [0.15, 0.2) is 0 Å². The van der Waals surface area contributed by atoms with Crippen molar-refractivity contribution in [2.45, 2.75) is 72.4 Å². The van der Waals surface area contributed by atoms with E-state index in [1.54, 1.807) is 0 Å². The smallest absolute Gasteiger partial charge is 0.244 e. The van der Waals surface area contributed by atoms with Gasteiger partial charge in [0.1, 0.15) is 12.6 Å². The zero-order valence-corrected chi connectivity index (χ0v) is 17.1. The first-order valence-electron chi connectivity index (χ1n) is 10.0. The van der Waals surface area contributed by atoms with Gasteiger partial charge in [-0.05, 0) is 40.5 Å². The van der Waals surface area contributed by atoms with Gasteiger partial charge in [0.2, 0.25) is 0 Å². The SMILES string of the molecule is CCCN1CC(C)[N@@+](C)(CC)C12N(CCC)C(C)C[N@@+]2(C)CC. The zero-order valence-electron chi connectivity index (χ0n) is 17.1. The van der Waals surface area contributed by atoms with E-state index >= 15 is 0 Å². The fourth-order valence-corrected chi connectivity index (χ4v) is 6.01. The Bertz CT molecular complexity index is 414. The second kappa shape index (κ2) is 6.62. The van der Waals surface area contributed by atoms with E-state index in [2.05, 4.69) is 65.4 Å². The molecule has 0 aliphatic carbocycles. The predicted octanol–water partition coefficient (Wildman–Crippen LogP) is 2.76. The Labute approximate surface area is 145 Å². The van der Waals surface area contributed by atoms with Gasteiger partial charge in [-0.1, -0.05) is 13.8 Å². The van der Waals surface area contributed by atoms with E-state index in [0.717, 1.165) is 0 Å². The van der Waals surface area contributed by atoms with Crippen LogP contribution in [0.2, 0.25) is 0 Å². The Morgan fingerprint density at radius 1 is 0.957 bits per heavy atom. The van der Waals surface area contributed by atoms with E-state index < -0.39 is 0 Å². The minimum absolute atomic E-state index is 0.119. The summed E-state index contributed by atoms with van der Waals surface area (Å²) < 4.78 is 2.34. The van der Waals surface area contributed by atoms with Gasteiger partial charge in [-0.15, -0.1) is 0 Å². The summed E-state index contributed by atoms with van der Waals surface area (Å²) in [6.07, 6.45) is 2.49. The van der Waals surface area contributed by atoms with E-state index in [1.807, 2.05) is 0 Å². The van der Waals surface area contributed by atoms with Crippen molar-refractivity contribution in [1.29, 1.82) is 0 Å². The van der Waals surface area contributed by atoms with Gasteiger partial charge < -0.3 is 0 Å². The molecule has 2 aliphatic heterocycles. The number of hydrogen-bond acceptors (Lipinski definition) is 2. The third-order valence-corrected chi connectivity index (χ3v) is 7.19. The summed E-state index contributed by atoms with van der Waals surface area (Å²) >= 11 is 0. The summed E-state index contributed by atoms with van der Waals surface area (Å²) in [7, 11) is 5.06. The van der Waals surface area contributed by atoms with Crippen LogP contribution in [-0.4, -0.2) is 90.1 Å². The van der Waals surface area contributed by atoms with Gasteiger partial charge >= 0.3 is 5.91 Å². The Balaban J connectivity index is 2.68. The fraction of sp³-hybridized carbons (Fsp3) is 1.00. The summed E-state index contributed by atoms with van der Waals surface area (Å²) in [6.45, 7) is 21.8. The molecule has 0 aromatic rings. The molecule has 2 heterocycles. The summed E-state index contributed by atoms with van der Waals surface area (Å²) in [5, 5.41) is 0. The van der Waals surface area contributed by atoms with Crippen molar-refractivity contribution < 1.29 is 8.97 Å². The van der Waals surface area contributed by atoms with Gasteiger partial charge in [0.05, 0.1) is 39.8 Å². The molecule has 2 fully saturated rings. The first-order valence-corrected chi connectivity index (χ1v) is 10.0. The van der Waals surface area contributed by atoms with Crippen LogP contribution in [0.1, 0.15) is 54.4 Å². The van der Waals surface area contributed by atoms with Crippen molar-refractivity contribution in [2.75, 3.05) is 53.4 Å². The van der Waals surface area contributed by atoms with E-state index in [9.17, 15) is 0 Å². The molecule has 23 heavy (non-hydrogen) atoms. The standard InChI is InChI=1S/C19H42N4/c1-9-13-20-15-18(6)23(8,12-4)19(20)21(14-10-2)17(5)16-22(19,7)11-3/h17-18H,9-16H2,1-8H3/q+2/t17?,18?,19?,22-,23-/m1/s1. The van der Waals surface area contributed by atoms with Crippen LogP contribution in [-0.2, 0) is 0 Å². The Morgan fingerprint density at radius 2 is 1.57 bits per heavy atom. The number of hydrogen-bond donors (Lipinski definition) is 0. The molecule has 4 nitrogen and oxygen atoms in total. The van der Waals surface area contributed by atoms with Crippen LogP contribution in [0.4, 0.5) is 0 Å². The molecule has 0 N–H and O–H groups in total. The lowest BCUT2D eigenvalue weighted by Crippen LogP contribution is -2.82. The average molecular weight is 327 g/mol. The van der Waals surface area contributed by atoms with Crippen molar-refractivity contribution >= 4 is 0 Å². The highest BCUT2D eigenvalue weighted by Crippen LogP contribution is 2.50. The van der Waals surface area contributed by atoms with Gasteiger partial charge in [-0.25, -0.2) is 8.97 Å². The van der Waals surface area contributed by atoms with Gasteiger partial charge in [0.25, 0.3) is 0 Å². The van der Waals surface area contributed by atoms with Gasteiger partial charge in [-0.3, -0.25) is 0 Å². The monoisotopic (exact) mass is 326 g/mol. The van der Waals surface area contributed by atoms with Crippen LogP contribution in [0.3, 0.4) is 0 Å². The molecule has 3 unspecified atom stereocenters. The molecule has 0 bridgehead atoms. The molecule has 2 rings (SSSR count). The van der Waals surface area contributed by atoms with E-state index in [0.29, 0.717) is 12.1 Å². The molecular formula is C19H42N4+2. The number of rotatable bonds is 6. The topological polar surface area (TPSA) is 6.48 Å². The highest BCUT2D eigenvalue weighted by molar-refractivity contribution is 4.92. The van der Waals surface area contributed by atoms with Crippen molar-refractivity contribution in [2.24, 2.45) is 0 Å². The summed E-state index contributed by atoms with van der Waals surface area (Å²) in [6, 6.07) is 1.36. The maximum absolute atomic E-state index is 2.89. The molecule has 2 aliphatic rings. The molecule has 0 saturated carbocycles. The molecular weight excluding hydrogens is 284 g/mol. The molecule has 136 valence electrons. The maximum atomic E-state index is 2.89. The van der Waals surface area contributed by atoms with Crippen LogP contribution >= 0.6 is 0 Å². The lowest BCUT2D eigenvalue weighted by molar-refractivity contribution is -1.17. The van der Waals surface area contributed by atoms with Crippen molar-refractivity contribution in [3.63, 3.8) is 0 Å². The van der Waals surface area contributed by atoms with E-state index in [4.69, 9.17) is 0 Å². The third-order valence-electron chi connectivity index (χ3n) is 7.19. The first kappa shape index (κ1) is 19.2. The van der Waals surface area contributed by atoms with Crippen LogP contribution in [0.25, 0.3) is 0 Å². The average Bonchev–Trinajstić information content (AvgIpc) is 2.88. The van der Waals surface area contributed by atoms with Gasteiger partial charge in [-0.2, -0.15) is 9.80 Å². The van der Waals surface area contributed by atoms with Crippen molar-refractivity contribution in [1.82, 2.24) is 9.80 Å². The summed E-state index contributed by atoms with van der Waals surface area (Å²) in [4.78, 5) is 5.75. The number of quaternary nitrogens is 2. The quantitative estimate of drug-likeness (QED) is 0.693. The minimum Gasteiger partial charge on any atom is -0.244 e. The normalized spacial score (nSPS) is 45.4. The molecule has 1 spiro atoms. The fourth-order valence-electron chi connectivity index (χ4n) is 6.01. The van der Waals surface area contributed by atoms with E-state index in [1.165, 1.54) is 61.1 Å². The first-order chi connectivity index (χ1) is 10.8. The molecule has 0 aromatic carbocycles. The summed E-state index contributed by atoms with van der Waals surface area (Å²) in [5.41, 5.74) is 0. The molecule has 5 atom stereocenters. The predicted molar refractivity (Wildman–Crippen MR) is 98.8 cm³/mol.